The first-order valence-corrected chi connectivity index (χ1v) is 6.83. The molecule has 0 aromatic carbocycles. The van der Waals surface area contributed by atoms with Crippen LogP contribution >= 0.6 is 0 Å². The monoisotopic (exact) mass is 236 g/mol. The van der Waals surface area contributed by atoms with Crippen LogP contribution in [0, 0.1) is 23.7 Å². The Labute approximate surface area is 107 Å². The molecule has 2 nitrogen and oxygen atoms in total. The van der Waals surface area contributed by atoms with Gasteiger partial charge in [-0.05, 0) is 30.6 Å². The minimum Gasteiger partial charge on any atom is -0.329 e. The molecule has 0 heterocycles. The van der Waals surface area contributed by atoms with Crippen LogP contribution in [-0.4, -0.2) is 18.1 Å². The molecule has 0 bridgehead atoms. The van der Waals surface area contributed by atoms with Crippen molar-refractivity contribution in [2.24, 2.45) is 17.1 Å². The van der Waals surface area contributed by atoms with Crippen molar-refractivity contribution in [2.75, 3.05) is 6.54 Å². The van der Waals surface area contributed by atoms with E-state index in [9.17, 15) is 0 Å². The number of nitrogens with two attached hydrogens (primary N) is 1. The second-order valence-corrected chi connectivity index (χ2v) is 6.46. The van der Waals surface area contributed by atoms with Gasteiger partial charge in [-0.1, -0.05) is 40.0 Å². The molecular weight excluding hydrogens is 208 g/mol. The summed E-state index contributed by atoms with van der Waals surface area (Å²) >= 11 is 0. The molecule has 3 atom stereocenters. The molecule has 2 heteroatoms. The van der Waals surface area contributed by atoms with Crippen LogP contribution in [0.2, 0.25) is 0 Å². The van der Waals surface area contributed by atoms with Crippen LogP contribution in [-0.2, 0) is 0 Å². The predicted molar refractivity (Wildman–Crippen MR) is 74.6 cm³/mol. The summed E-state index contributed by atoms with van der Waals surface area (Å²) < 4.78 is 0. The van der Waals surface area contributed by atoms with Crippen molar-refractivity contribution in [2.45, 2.75) is 65.0 Å². The molecule has 3 unspecified atom stereocenters. The Kier molecular flexibility index (Phi) is 4.63. The van der Waals surface area contributed by atoms with Gasteiger partial charge in [-0.25, -0.2) is 0 Å². The van der Waals surface area contributed by atoms with E-state index in [4.69, 9.17) is 12.2 Å². The zero-order valence-electron chi connectivity index (χ0n) is 11.8. The van der Waals surface area contributed by atoms with E-state index in [2.05, 4.69) is 38.9 Å². The number of terminal acetylenes is 1. The third kappa shape index (κ3) is 3.24. The second kappa shape index (κ2) is 5.42. The highest BCUT2D eigenvalue weighted by atomic mass is 15.0. The Morgan fingerprint density at radius 1 is 1.53 bits per heavy atom. The van der Waals surface area contributed by atoms with Crippen molar-refractivity contribution >= 4 is 0 Å². The summed E-state index contributed by atoms with van der Waals surface area (Å²) in [6, 6.07) is 0.167. The van der Waals surface area contributed by atoms with E-state index in [1.54, 1.807) is 0 Å². The summed E-state index contributed by atoms with van der Waals surface area (Å²) in [5, 5.41) is 3.67. The maximum absolute atomic E-state index is 6.05. The average Bonchev–Trinajstić information content (AvgIpc) is 2.48. The lowest BCUT2D eigenvalue weighted by atomic mass is 9.85. The Morgan fingerprint density at radius 3 is 2.53 bits per heavy atom. The molecule has 0 amide bonds. The lowest BCUT2D eigenvalue weighted by molar-refractivity contribution is 0.239. The summed E-state index contributed by atoms with van der Waals surface area (Å²) in [7, 11) is 0. The van der Waals surface area contributed by atoms with Crippen molar-refractivity contribution in [3.05, 3.63) is 0 Å². The van der Waals surface area contributed by atoms with E-state index in [0.717, 1.165) is 19.3 Å². The van der Waals surface area contributed by atoms with E-state index in [-0.39, 0.29) is 11.6 Å². The summed E-state index contributed by atoms with van der Waals surface area (Å²) in [5.41, 5.74) is 6.46. The third-order valence-electron chi connectivity index (χ3n) is 4.20. The maximum Gasteiger partial charge on any atom is 0.0691 e. The van der Waals surface area contributed by atoms with Gasteiger partial charge in [0.15, 0.2) is 0 Å². The predicted octanol–water partition coefficient (Wildman–Crippen LogP) is 2.53. The first kappa shape index (κ1) is 14.5. The number of hydrogen-bond acceptors (Lipinski definition) is 2. The highest BCUT2D eigenvalue weighted by molar-refractivity contribution is 5.10. The van der Waals surface area contributed by atoms with Crippen molar-refractivity contribution in [3.8, 4) is 12.3 Å². The van der Waals surface area contributed by atoms with Gasteiger partial charge >= 0.3 is 0 Å². The highest BCUT2D eigenvalue weighted by Crippen LogP contribution is 2.47. The number of hydrogen-bond donors (Lipinski definition) is 2. The fraction of sp³-hybridized carbons (Fsp3) is 0.867. The molecule has 0 spiro atoms. The molecular formula is C15H28N2. The first-order valence-electron chi connectivity index (χ1n) is 6.83. The van der Waals surface area contributed by atoms with Crippen LogP contribution in [0.4, 0.5) is 0 Å². The molecule has 0 aliphatic heterocycles. The average molecular weight is 236 g/mol. The third-order valence-corrected chi connectivity index (χ3v) is 4.20. The van der Waals surface area contributed by atoms with Gasteiger partial charge in [0, 0.05) is 12.1 Å². The van der Waals surface area contributed by atoms with Crippen molar-refractivity contribution in [1.29, 1.82) is 0 Å². The standard InChI is InChI=1S/C15H28N2/c1-6-8-13(7-2)17-15(11-16)10-14(4,5)9-12(15)3/h2,12-13,17H,6,8-11,16H2,1,3-5H3. The Bertz CT molecular complexity index is 290. The highest BCUT2D eigenvalue weighted by Gasteiger charge is 2.48. The van der Waals surface area contributed by atoms with Crippen molar-refractivity contribution < 1.29 is 0 Å². The summed E-state index contributed by atoms with van der Waals surface area (Å²) in [5.74, 6) is 3.46. The molecule has 3 N–H and O–H groups in total. The quantitative estimate of drug-likeness (QED) is 0.720. The molecule has 0 radical (unpaired) electrons. The van der Waals surface area contributed by atoms with Crippen LogP contribution < -0.4 is 11.1 Å². The lowest BCUT2D eigenvalue weighted by Gasteiger charge is -2.37. The molecule has 0 aromatic heterocycles. The largest absolute Gasteiger partial charge is 0.329 e. The van der Waals surface area contributed by atoms with Gasteiger partial charge in [-0.3, -0.25) is 5.32 Å². The van der Waals surface area contributed by atoms with Gasteiger partial charge in [0.05, 0.1) is 6.04 Å². The van der Waals surface area contributed by atoms with Crippen molar-refractivity contribution in [3.63, 3.8) is 0 Å². The van der Waals surface area contributed by atoms with Crippen LogP contribution in [0.3, 0.4) is 0 Å². The second-order valence-electron chi connectivity index (χ2n) is 6.46. The van der Waals surface area contributed by atoms with Crippen molar-refractivity contribution in [1.82, 2.24) is 5.32 Å². The fourth-order valence-corrected chi connectivity index (χ4v) is 3.48. The smallest absolute Gasteiger partial charge is 0.0691 e. The minimum atomic E-state index is 0.0374. The zero-order chi connectivity index (χ0) is 13.1. The van der Waals surface area contributed by atoms with Gasteiger partial charge in [0.2, 0.25) is 0 Å². The summed E-state index contributed by atoms with van der Waals surface area (Å²) in [4.78, 5) is 0. The Hall–Kier alpha value is -0.520. The SMILES string of the molecule is C#CC(CCC)NC1(CN)CC(C)(C)CC1C. The van der Waals surface area contributed by atoms with Gasteiger partial charge in [-0.2, -0.15) is 0 Å². The molecule has 17 heavy (non-hydrogen) atoms. The van der Waals surface area contributed by atoms with Crippen LogP contribution in [0.25, 0.3) is 0 Å². The van der Waals surface area contributed by atoms with E-state index >= 15 is 0 Å². The van der Waals surface area contributed by atoms with E-state index in [1.807, 2.05) is 0 Å². The van der Waals surface area contributed by atoms with Crippen LogP contribution in [0.5, 0.6) is 0 Å². The molecule has 98 valence electrons. The fourth-order valence-electron chi connectivity index (χ4n) is 3.48. The molecule has 1 fully saturated rings. The van der Waals surface area contributed by atoms with Crippen LogP contribution in [0.15, 0.2) is 0 Å². The maximum atomic E-state index is 6.05. The summed E-state index contributed by atoms with van der Waals surface area (Å²) in [6.07, 6.45) is 10.1. The minimum absolute atomic E-state index is 0.0374. The molecule has 1 rings (SSSR count). The lowest BCUT2D eigenvalue weighted by Crippen LogP contribution is -2.57. The zero-order valence-corrected chi connectivity index (χ0v) is 11.8. The number of nitrogens with one attached hydrogen (secondary N) is 1. The van der Waals surface area contributed by atoms with E-state index in [1.165, 1.54) is 6.42 Å². The first-order chi connectivity index (χ1) is 7.89. The Morgan fingerprint density at radius 2 is 2.18 bits per heavy atom. The normalized spacial score (nSPS) is 33.3. The summed E-state index contributed by atoms with van der Waals surface area (Å²) in [6.45, 7) is 9.80. The molecule has 0 aromatic rings. The molecule has 0 saturated heterocycles. The van der Waals surface area contributed by atoms with Gasteiger partial charge in [-0.15, -0.1) is 6.42 Å². The van der Waals surface area contributed by atoms with E-state index in [0.29, 0.717) is 17.9 Å². The van der Waals surface area contributed by atoms with Gasteiger partial charge in [0.25, 0.3) is 0 Å². The topological polar surface area (TPSA) is 38.0 Å². The number of rotatable bonds is 5. The van der Waals surface area contributed by atoms with Gasteiger partial charge < -0.3 is 5.73 Å². The molecule has 1 aliphatic rings. The van der Waals surface area contributed by atoms with Crippen LogP contribution in [0.1, 0.15) is 53.4 Å². The molecule has 1 saturated carbocycles. The Balaban J connectivity index is 2.80. The van der Waals surface area contributed by atoms with E-state index < -0.39 is 0 Å². The molecule has 1 aliphatic carbocycles. The van der Waals surface area contributed by atoms with Gasteiger partial charge in [0.1, 0.15) is 0 Å².